The summed E-state index contributed by atoms with van der Waals surface area (Å²) in [6.07, 6.45) is 7.86. The van der Waals surface area contributed by atoms with E-state index in [4.69, 9.17) is 35.3 Å². The van der Waals surface area contributed by atoms with E-state index in [-0.39, 0.29) is 36.1 Å². The number of rotatable bonds is 16. The Balaban J connectivity index is 1.37. The minimum absolute atomic E-state index is 0.0921. The van der Waals surface area contributed by atoms with Crippen LogP contribution in [0.4, 0.5) is 10.5 Å². The van der Waals surface area contributed by atoms with Gasteiger partial charge in [0.2, 0.25) is 17.7 Å². The topological polar surface area (TPSA) is 206 Å². The molecule has 2 saturated heterocycles. The van der Waals surface area contributed by atoms with Crippen molar-refractivity contribution in [1.29, 1.82) is 0 Å². The van der Waals surface area contributed by atoms with Gasteiger partial charge in [-0.2, -0.15) is 11.8 Å². The van der Waals surface area contributed by atoms with Crippen molar-refractivity contribution in [3.8, 4) is 5.75 Å². The molecule has 0 saturated carbocycles. The molecule has 4 aliphatic heterocycles. The average Bonchev–Trinajstić information content (AvgIpc) is 3.89. The highest BCUT2D eigenvalue weighted by molar-refractivity contribution is 7.98. The lowest BCUT2D eigenvalue weighted by Gasteiger charge is -2.42. The molecule has 368 valence electrons. The number of halogens is 1. The summed E-state index contributed by atoms with van der Waals surface area (Å²) >= 11 is 8.33. The maximum Gasteiger partial charge on any atom is 0.409 e. The molecule has 3 N–H and O–H groups in total. The lowest BCUT2D eigenvalue weighted by molar-refractivity contribution is -0.162. The molecule has 5 rings (SSSR count). The number of nitrogens with zero attached hydrogens (tertiary/aromatic N) is 3. The molecule has 2 fully saturated rings. The molecule has 0 spiro atoms. The molecule has 19 heteroatoms. The molecule has 9 atom stereocenters. The van der Waals surface area contributed by atoms with Crippen molar-refractivity contribution in [3.63, 3.8) is 0 Å². The van der Waals surface area contributed by atoms with Gasteiger partial charge >= 0.3 is 12.1 Å². The molecule has 1 aromatic carbocycles. The molecule has 17 nitrogen and oxygen atoms in total. The molecule has 4 aliphatic rings. The zero-order valence-electron chi connectivity index (χ0n) is 39.9. The molecule has 67 heavy (non-hydrogen) atoms. The quantitative estimate of drug-likeness (QED) is 0.111. The van der Waals surface area contributed by atoms with Gasteiger partial charge in [-0.25, -0.2) is 9.59 Å². The minimum atomic E-state index is -1.87. The van der Waals surface area contributed by atoms with Crippen molar-refractivity contribution >= 4 is 64.7 Å². The Morgan fingerprint density at radius 2 is 1.90 bits per heavy atom. The molecule has 4 heterocycles. The fourth-order valence-corrected chi connectivity index (χ4v) is 9.46. The second-order valence-corrected chi connectivity index (χ2v) is 19.2. The van der Waals surface area contributed by atoms with E-state index in [0.717, 1.165) is 11.1 Å². The van der Waals surface area contributed by atoms with Crippen LogP contribution in [0, 0.1) is 5.92 Å². The van der Waals surface area contributed by atoms with Crippen molar-refractivity contribution in [3.05, 3.63) is 70.9 Å². The Labute approximate surface area is 402 Å². The van der Waals surface area contributed by atoms with Gasteiger partial charge in [0.05, 0.1) is 25.3 Å². The van der Waals surface area contributed by atoms with Crippen molar-refractivity contribution in [2.75, 3.05) is 51.8 Å². The summed E-state index contributed by atoms with van der Waals surface area (Å²) in [6.45, 7) is 11.2. The number of hydrogen-bond donors (Lipinski definition) is 3. The summed E-state index contributed by atoms with van der Waals surface area (Å²) in [5.74, 6) is -1.94. The number of allylic oxidation sites excluding steroid dienone is 4. The van der Waals surface area contributed by atoms with Crippen molar-refractivity contribution in [2.45, 2.75) is 127 Å². The van der Waals surface area contributed by atoms with Gasteiger partial charge in [-0.3, -0.25) is 24.5 Å². The number of anilines is 1. The van der Waals surface area contributed by atoms with Crippen LogP contribution >= 0.6 is 23.4 Å². The number of carbonyl (C=O) groups excluding carboxylic acids is 6. The zero-order chi connectivity index (χ0) is 49.4. The Bertz CT molecular complexity index is 2130. The number of nitrogens with one attached hydrogen (secondary N) is 2. The summed E-state index contributed by atoms with van der Waals surface area (Å²) in [4.78, 5) is 85.0. The van der Waals surface area contributed by atoms with E-state index in [1.165, 1.54) is 55.8 Å². The van der Waals surface area contributed by atoms with Crippen LogP contribution in [0.3, 0.4) is 0 Å². The van der Waals surface area contributed by atoms with Crippen LogP contribution in [0.2, 0.25) is 5.02 Å². The van der Waals surface area contributed by atoms with Gasteiger partial charge < -0.3 is 48.8 Å². The number of unbranched alkanes of at least 4 members (excludes halogenated alkanes) is 2. The van der Waals surface area contributed by atoms with E-state index in [1.807, 2.05) is 19.3 Å². The van der Waals surface area contributed by atoms with Crippen molar-refractivity contribution in [1.82, 2.24) is 20.4 Å². The summed E-state index contributed by atoms with van der Waals surface area (Å²) in [7, 11) is 5.90. The molecular weight excluding hydrogens is 906 g/mol. The maximum absolute atomic E-state index is 14.4. The predicted molar refractivity (Wildman–Crippen MR) is 254 cm³/mol. The molecule has 4 bridgehead atoms. The molecule has 7 unspecified atom stereocenters. The van der Waals surface area contributed by atoms with Crippen LogP contribution in [-0.2, 0) is 49.3 Å². The number of benzene rings is 1. The molecule has 0 aliphatic carbocycles. The van der Waals surface area contributed by atoms with Gasteiger partial charge in [0.1, 0.15) is 46.8 Å². The van der Waals surface area contributed by atoms with Gasteiger partial charge in [0.15, 0.2) is 5.72 Å². The van der Waals surface area contributed by atoms with Gasteiger partial charge in [0.25, 0.3) is 5.91 Å². The third-order valence-electron chi connectivity index (χ3n) is 13.0. The highest BCUT2D eigenvalue weighted by Gasteiger charge is 2.64. The van der Waals surface area contributed by atoms with Gasteiger partial charge in [-0.1, -0.05) is 55.3 Å². The first-order valence-corrected chi connectivity index (χ1v) is 24.3. The fraction of sp³-hybridized carbons (Fsp3) is 0.583. The largest absolute Gasteiger partial charge is 0.495 e. The van der Waals surface area contributed by atoms with Crippen molar-refractivity contribution in [2.24, 2.45) is 5.92 Å². The van der Waals surface area contributed by atoms with E-state index >= 15 is 0 Å². The first kappa shape index (κ1) is 53.1. The number of likely N-dealkylation sites (N-methyl/N-ethyl adjacent to an activating group) is 1. The number of alkyl carbamates (subject to hydrolysis) is 1. The number of thioether (sulfide) groups is 1. The van der Waals surface area contributed by atoms with E-state index in [0.29, 0.717) is 61.5 Å². The van der Waals surface area contributed by atoms with E-state index in [2.05, 4.69) is 17.2 Å². The Morgan fingerprint density at radius 1 is 1.16 bits per heavy atom. The van der Waals surface area contributed by atoms with E-state index in [9.17, 15) is 33.9 Å². The Morgan fingerprint density at radius 3 is 2.55 bits per heavy atom. The van der Waals surface area contributed by atoms with Crippen LogP contribution < -0.4 is 20.3 Å². The fourth-order valence-electron chi connectivity index (χ4n) is 8.67. The minimum Gasteiger partial charge on any atom is -0.495 e. The Kier molecular flexibility index (Phi) is 18.2. The van der Waals surface area contributed by atoms with E-state index in [1.54, 1.807) is 56.2 Å². The van der Waals surface area contributed by atoms with Crippen LogP contribution in [-0.4, -0.2) is 145 Å². The first-order chi connectivity index (χ1) is 31.7. The number of carbonyl (C=O) groups is 6. The van der Waals surface area contributed by atoms with Gasteiger partial charge in [0, 0.05) is 58.3 Å². The molecule has 0 radical (unpaired) electrons. The van der Waals surface area contributed by atoms with Crippen LogP contribution in [0.15, 0.2) is 60.4 Å². The number of esters is 1. The molecular formula is C48H66ClN5O12S. The second-order valence-electron chi connectivity index (χ2n) is 17.9. The first-order valence-electron chi connectivity index (χ1n) is 22.5. The summed E-state index contributed by atoms with van der Waals surface area (Å²) in [5, 5.41) is 17.4. The molecule has 0 aromatic heterocycles. The SMILES string of the molecule is C=C1C=CC(=O)N1CCCCCC(=O)N[C@@H](CCSC)C(=O)N(C)[C@@H](C)C(=O)OC1CC(=O)N(C)c2cc(cc(OC)c2Cl)C/C(C)=C/C=C/C(OC)C2(O)CC(OC(=O)N2)C(C)C2OC12C. The monoisotopic (exact) mass is 971 g/mol. The van der Waals surface area contributed by atoms with Gasteiger partial charge in [-0.05, 0) is 82.2 Å². The molecule has 5 amide bonds. The van der Waals surface area contributed by atoms with Crippen LogP contribution in [0.1, 0.15) is 78.2 Å². The number of methoxy groups -OCH3 is 2. The van der Waals surface area contributed by atoms with Crippen LogP contribution in [0.5, 0.6) is 5.75 Å². The summed E-state index contributed by atoms with van der Waals surface area (Å²) in [5.41, 5.74) is -0.508. The number of amides is 5. The Hall–Kier alpha value is -4.88. The van der Waals surface area contributed by atoms with Gasteiger partial charge in [-0.15, -0.1) is 0 Å². The number of epoxide rings is 1. The lowest BCUT2D eigenvalue weighted by atomic mass is 9.83. The zero-order valence-corrected chi connectivity index (χ0v) is 41.5. The maximum atomic E-state index is 14.4. The average molecular weight is 973 g/mol. The lowest BCUT2D eigenvalue weighted by Crippen LogP contribution is -2.63. The second kappa shape index (κ2) is 22.9. The number of aliphatic hydroxyl groups is 1. The third-order valence-corrected chi connectivity index (χ3v) is 14.1. The molecule has 1 aromatic rings. The standard InChI is InChI=1S/C48H66ClN5O12S/c1-28-15-14-16-37(63-9)48(61)27-36(64-46(60)51-48)30(3)43-47(5,66-43)38(26-41(57)53(7)34-24-32(23-28)25-35(62-8)42(34)49)65-45(59)31(4)52(6)44(58)33(20-22-67-10)50-39(55)17-12-11-13-21-54-29(2)18-19-40(54)56/h14-16,18-19,24-25,30-31,33,36-38,43,61H,2,11-13,17,20-23,26-27H2,1,3-10H3,(H,50,55)(H,51,60)/b16-14+,28-15+/t30?,31-,33-,36?,37?,38?,43?,47?,48?/m0/s1. The highest BCUT2D eigenvalue weighted by Crippen LogP contribution is 2.49. The summed E-state index contributed by atoms with van der Waals surface area (Å²) in [6, 6.07) is 1.45. The third kappa shape index (κ3) is 12.8. The smallest absolute Gasteiger partial charge is 0.409 e. The summed E-state index contributed by atoms with van der Waals surface area (Å²) < 4.78 is 29.5. The number of hydrogen-bond acceptors (Lipinski definition) is 13. The predicted octanol–water partition coefficient (Wildman–Crippen LogP) is 5.22. The number of fused-ring (bicyclic) bond motifs is 5. The van der Waals surface area contributed by atoms with Crippen LogP contribution in [0.25, 0.3) is 0 Å². The van der Waals surface area contributed by atoms with Crippen molar-refractivity contribution < 1.29 is 57.6 Å². The van der Waals surface area contributed by atoms with E-state index < -0.39 is 77.6 Å². The normalized spacial score (nSPS) is 28.6. The highest BCUT2D eigenvalue weighted by atomic mass is 35.5. The number of ether oxygens (including phenoxy) is 5.